The third-order valence-corrected chi connectivity index (χ3v) is 4.53. The van der Waals surface area contributed by atoms with Gasteiger partial charge in [-0.05, 0) is 39.9 Å². The highest BCUT2D eigenvalue weighted by Crippen LogP contribution is 2.21. The molecule has 0 radical (unpaired) electrons. The van der Waals surface area contributed by atoms with Crippen molar-refractivity contribution < 1.29 is 0 Å². The van der Waals surface area contributed by atoms with Crippen molar-refractivity contribution in [1.29, 1.82) is 0 Å². The summed E-state index contributed by atoms with van der Waals surface area (Å²) in [5.41, 5.74) is 5.12. The molecular weight excluding hydrogens is 314 g/mol. The molecule has 0 amide bonds. The summed E-state index contributed by atoms with van der Waals surface area (Å²) in [6, 6.07) is 8.60. The molecule has 0 atom stereocenters. The fourth-order valence-corrected chi connectivity index (χ4v) is 3.16. The van der Waals surface area contributed by atoms with E-state index < -0.39 is 0 Å². The molecule has 0 saturated heterocycles. The summed E-state index contributed by atoms with van der Waals surface area (Å²) in [5, 5.41) is 8.04. The second kappa shape index (κ2) is 7.04. The lowest BCUT2D eigenvalue weighted by molar-refractivity contribution is 0.620. The van der Waals surface area contributed by atoms with E-state index in [-0.39, 0.29) is 0 Å². The third-order valence-electron chi connectivity index (χ3n) is 3.61. The quantitative estimate of drug-likeness (QED) is 0.874. The van der Waals surface area contributed by atoms with Gasteiger partial charge in [-0.1, -0.05) is 38.1 Å². The number of halogens is 1. The Morgan fingerprint density at radius 2 is 1.80 bits per heavy atom. The van der Waals surface area contributed by atoms with Crippen LogP contribution in [-0.4, -0.2) is 9.78 Å². The third kappa shape index (κ3) is 3.30. The van der Waals surface area contributed by atoms with Crippen LogP contribution in [0.15, 0.2) is 28.7 Å². The van der Waals surface area contributed by atoms with E-state index in [4.69, 9.17) is 0 Å². The first-order valence-corrected chi connectivity index (χ1v) is 7.94. The standard InChI is InChI=1S/C16H22BrN3/c1-4-12-8-6-7-9-13(12)10-18-11-15-16(17)14(5-2)19-20(15)3/h6-9,18H,4-5,10-11H2,1-3H3. The van der Waals surface area contributed by atoms with Crippen LogP contribution in [0.2, 0.25) is 0 Å². The van der Waals surface area contributed by atoms with Gasteiger partial charge in [0.25, 0.3) is 0 Å². The molecular formula is C16H22BrN3. The number of aryl methyl sites for hydroxylation is 3. The molecule has 3 nitrogen and oxygen atoms in total. The van der Waals surface area contributed by atoms with Gasteiger partial charge in [0.15, 0.2) is 0 Å². The van der Waals surface area contributed by atoms with Crippen LogP contribution in [0.25, 0.3) is 0 Å². The van der Waals surface area contributed by atoms with Crippen LogP contribution in [0.1, 0.15) is 36.4 Å². The van der Waals surface area contributed by atoms with E-state index in [1.165, 1.54) is 16.8 Å². The molecule has 0 fully saturated rings. The summed E-state index contributed by atoms with van der Waals surface area (Å²) in [5.74, 6) is 0. The van der Waals surface area contributed by atoms with E-state index in [1.54, 1.807) is 0 Å². The Morgan fingerprint density at radius 1 is 1.10 bits per heavy atom. The van der Waals surface area contributed by atoms with Gasteiger partial charge in [-0.15, -0.1) is 0 Å². The monoisotopic (exact) mass is 335 g/mol. The summed E-state index contributed by atoms with van der Waals surface area (Å²) in [7, 11) is 2.00. The van der Waals surface area contributed by atoms with Crippen LogP contribution < -0.4 is 5.32 Å². The number of hydrogen-bond acceptors (Lipinski definition) is 2. The smallest absolute Gasteiger partial charge is 0.0767 e. The summed E-state index contributed by atoms with van der Waals surface area (Å²) in [6.45, 7) is 6.04. The number of benzene rings is 1. The first-order valence-electron chi connectivity index (χ1n) is 7.15. The zero-order valence-corrected chi connectivity index (χ0v) is 14.0. The lowest BCUT2D eigenvalue weighted by Crippen LogP contribution is -2.16. The van der Waals surface area contributed by atoms with E-state index >= 15 is 0 Å². The summed E-state index contributed by atoms with van der Waals surface area (Å²) in [6.07, 6.45) is 2.03. The Balaban J connectivity index is 2.01. The molecule has 1 N–H and O–H groups in total. The maximum Gasteiger partial charge on any atom is 0.0767 e. The fraction of sp³-hybridized carbons (Fsp3) is 0.438. The lowest BCUT2D eigenvalue weighted by Gasteiger charge is -2.09. The van der Waals surface area contributed by atoms with Crippen LogP contribution in [0, 0.1) is 0 Å². The van der Waals surface area contributed by atoms with Crippen LogP contribution in [0.5, 0.6) is 0 Å². The minimum atomic E-state index is 0.822. The van der Waals surface area contributed by atoms with E-state index in [0.29, 0.717) is 0 Å². The largest absolute Gasteiger partial charge is 0.307 e. The summed E-state index contributed by atoms with van der Waals surface area (Å²) in [4.78, 5) is 0. The molecule has 1 aromatic carbocycles. The van der Waals surface area contributed by atoms with E-state index in [0.717, 1.165) is 36.1 Å². The zero-order chi connectivity index (χ0) is 14.5. The average molecular weight is 336 g/mol. The van der Waals surface area contributed by atoms with Crippen molar-refractivity contribution in [3.8, 4) is 0 Å². The minimum absolute atomic E-state index is 0.822. The normalized spacial score (nSPS) is 11.0. The van der Waals surface area contributed by atoms with Gasteiger partial charge < -0.3 is 5.32 Å². The predicted molar refractivity (Wildman–Crippen MR) is 86.6 cm³/mol. The first kappa shape index (κ1) is 15.3. The Kier molecular flexibility index (Phi) is 5.38. The van der Waals surface area contributed by atoms with Gasteiger partial charge in [0, 0.05) is 20.1 Å². The molecule has 1 aromatic heterocycles. The molecule has 108 valence electrons. The van der Waals surface area contributed by atoms with Gasteiger partial charge in [-0.25, -0.2) is 0 Å². The molecule has 0 bridgehead atoms. The lowest BCUT2D eigenvalue weighted by atomic mass is 10.1. The van der Waals surface area contributed by atoms with E-state index in [9.17, 15) is 0 Å². The number of aromatic nitrogens is 2. The molecule has 0 aliphatic heterocycles. The highest BCUT2D eigenvalue weighted by Gasteiger charge is 2.11. The Morgan fingerprint density at radius 3 is 2.40 bits per heavy atom. The van der Waals surface area contributed by atoms with Gasteiger partial charge >= 0.3 is 0 Å². The van der Waals surface area contributed by atoms with E-state index in [1.807, 2.05) is 11.7 Å². The Bertz CT molecular complexity index is 575. The summed E-state index contributed by atoms with van der Waals surface area (Å²) >= 11 is 3.65. The van der Waals surface area contributed by atoms with E-state index in [2.05, 4.69) is 64.5 Å². The maximum absolute atomic E-state index is 4.52. The van der Waals surface area contributed by atoms with Crippen molar-refractivity contribution in [1.82, 2.24) is 15.1 Å². The van der Waals surface area contributed by atoms with Crippen molar-refractivity contribution in [3.63, 3.8) is 0 Å². The van der Waals surface area contributed by atoms with Crippen molar-refractivity contribution in [2.45, 2.75) is 39.8 Å². The van der Waals surface area contributed by atoms with Crippen molar-refractivity contribution in [3.05, 3.63) is 51.3 Å². The van der Waals surface area contributed by atoms with Gasteiger partial charge in [0.1, 0.15) is 0 Å². The molecule has 20 heavy (non-hydrogen) atoms. The van der Waals surface area contributed by atoms with Gasteiger partial charge in [-0.3, -0.25) is 4.68 Å². The molecule has 0 aliphatic rings. The highest BCUT2D eigenvalue weighted by molar-refractivity contribution is 9.10. The molecule has 2 rings (SSSR count). The van der Waals surface area contributed by atoms with Gasteiger partial charge in [0.2, 0.25) is 0 Å². The molecule has 1 heterocycles. The maximum atomic E-state index is 4.52. The highest BCUT2D eigenvalue weighted by atomic mass is 79.9. The predicted octanol–water partition coefficient (Wildman–Crippen LogP) is 3.60. The average Bonchev–Trinajstić information content (AvgIpc) is 2.75. The number of nitrogens with one attached hydrogen (secondary N) is 1. The SMILES string of the molecule is CCc1ccccc1CNCc1c(Br)c(CC)nn1C. The molecule has 2 aromatic rings. The molecule has 0 spiro atoms. The molecule has 0 aliphatic carbocycles. The number of hydrogen-bond donors (Lipinski definition) is 1. The van der Waals surface area contributed by atoms with Gasteiger partial charge in [-0.2, -0.15) is 5.10 Å². The topological polar surface area (TPSA) is 29.9 Å². The second-order valence-electron chi connectivity index (χ2n) is 4.91. The molecule has 4 heteroatoms. The first-order chi connectivity index (χ1) is 9.67. The molecule has 0 saturated carbocycles. The van der Waals surface area contributed by atoms with Gasteiger partial charge in [0.05, 0.1) is 15.9 Å². The summed E-state index contributed by atoms with van der Waals surface area (Å²) < 4.78 is 3.10. The van der Waals surface area contributed by atoms with Crippen LogP contribution in [0.4, 0.5) is 0 Å². The fourth-order valence-electron chi connectivity index (χ4n) is 2.40. The van der Waals surface area contributed by atoms with Crippen molar-refractivity contribution >= 4 is 15.9 Å². The Hall–Kier alpha value is -1.13. The molecule has 0 unspecified atom stereocenters. The van der Waals surface area contributed by atoms with Crippen LogP contribution >= 0.6 is 15.9 Å². The van der Waals surface area contributed by atoms with Crippen LogP contribution in [0.3, 0.4) is 0 Å². The zero-order valence-electron chi connectivity index (χ0n) is 12.4. The van der Waals surface area contributed by atoms with Crippen molar-refractivity contribution in [2.24, 2.45) is 7.05 Å². The second-order valence-corrected chi connectivity index (χ2v) is 5.70. The Labute approximate surface area is 129 Å². The number of nitrogens with zero attached hydrogens (tertiary/aromatic N) is 2. The van der Waals surface area contributed by atoms with Crippen LogP contribution in [-0.2, 0) is 33.0 Å². The number of rotatable bonds is 6. The minimum Gasteiger partial charge on any atom is -0.307 e. The van der Waals surface area contributed by atoms with Crippen molar-refractivity contribution in [2.75, 3.05) is 0 Å².